The van der Waals surface area contributed by atoms with Crippen molar-refractivity contribution in [1.82, 2.24) is 0 Å². The minimum Gasteiger partial charge on any atom is -0.377 e. The van der Waals surface area contributed by atoms with Gasteiger partial charge in [0.2, 0.25) is 0 Å². The third kappa shape index (κ3) is 8.73. The molecule has 0 aliphatic carbocycles. The molecule has 0 heterocycles. The number of hydrogen-bond acceptors (Lipinski definition) is 2. The zero-order valence-corrected chi connectivity index (χ0v) is 11.1. The first-order valence-corrected chi connectivity index (χ1v) is 6.51. The number of rotatable bonds is 8. The fraction of sp³-hybridized carbons (Fsp3) is 0.467. The van der Waals surface area contributed by atoms with E-state index in [9.17, 15) is 0 Å². The van der Waals surface area contributed by atoms with E-state index in [1.54, 1.807) is 0 Å². The molecule has 0 saturated heterocycles. The second kappa shape index (κ2) is 11.2. The predicted octanol–water partition coefficient (Wildman–Crippen LogP) is 4.08. The summed E-state index contributed by atoms with van der Waals surface area (Å²) < 4.78 is 5.59. The van der Waals surface area contributed by atoms with Gasteiger partial charge in [-0.05, 0) is 23.9 Å². The number of nitrogens with zero attached hydrogens (tertiary/aromatic N) is 3. The van der Waals surface area contributed by atoms with Gasteiger partial charge in [0.1, 0.15) is 0 Å². The Balaban J connectivity index is 1.91. The van der Waals surface area contributed by atoms with Crippen molar-refractivity contribution in [2.24, 2.45) is 5.11 Å². The monoisotopic (exact) mass is 257 g/mol. The van der Waals surface area contributed by atoms with E-state index in [0.29, 0.717) is 6.61 Å². The van der Waals surface area contributed by atoms with Gasteiger partial charge in [-0.15, -0.1) is 5.92 Å². The molecule has 4 heteroatoms. The molecule has 0 aliphatic rings. The maximum Gasteiger partial charge on any atom is 0.0876 e. The van der Waals surface area contributed by atoms with Crippen LogP contribution in [0, 0.1) is 11.8 Å². The summed E-state index contributed by atoms with van der Waals surface area (Å²) in [6.07, 6.45) is 4.10. The van der Waals surface area contributed by atoms with Crippen molar-refractivity contribution >= 4 is 0 Å². The minimum atomic E-state index is 0.274. The van der Waals surface area contributed by atoms with E-state index >= 15 is 0 Å². The summed E-state index contributed by atoms with van der Waals surface area (Å²) in [4.78, 5) is 2.63. The highest BCUT2D eigenvalue weighted by Crippen LogP contribution is 2.03. The summed E-state index contributed by atoms with van der Waals surface area (Å²) in [5, 5.41) is 3.35. The molecular weight excluding hydrogens is 238 g/mol. The third-order valence-corrected chi connectivity index (χ3v) is 2.54. The number of ether oxygens (including phenoxy) is 1. The molecule has 0 N–H and O–H groups in total. The van der Waals surface area contributed by atoms with Crippen LogP contribution in [0.3, 0.4) is 0 Å². The van der Waals surface area contributed by atoms with Gasteiger partial charge in [0.25, 0.3) is 0 Å². The normalized spacial score (nSPS) is 9.26. The largest absolute Gasteiger partial charge is 0.377 e. The number of unbranched alkanes of at least 4 members (excludes halogenated alkanes) is 3. The predicted molar refractivity (Wildman–Crippen MR) is 76.4 cm³/mol. The summed E-state index contributed by atoms with van der Waals surface area (Å²) in [6.45, 7) is 1.75. The lowest BCUT2D eigenvalue weighted by Crippen LogP contribution is -1.95. The van der Waals surface area contributed by atoms with Gasteiger partial charge in [-0.25, -0.2) is 0 Å². The molecule has 0 unspecified atom stereocenters. The highest BCUT2D eigenvalue weighted by atomic mass is 16.5. The Hall–Kier alpha value is -1.95. The molecule has 0 aromatic heterocycles. The number of hydrogen-bond donors (Lipinski definition) is 0. The van der Waals surface area contributed by atoms with Gasteiger partial charge in [0, 0.05) is 17.9 Å². The summed E-state index contributed by atoms with van der Waals surface area (Å²) in [5.74, 6) is 5.79. The van der Waals surface area contributed by atoms with Gasteiger partial charge < -0.3 is 4.74 Å². The Bertz CT molecular complexity index is 441. The Morgan fingerprint density at radius 3 is 2.74 bits per heavy atom. The van der Waals surface area contributed by atoms with E-state index in [0.717, 1.165) is 32.3 Å². The lowest BCUT2D eigenvalue weighted by molar-refractivity contribution is 0.117. The maximum atomic E-state index is 8.05. The van der Waals surface area contributed by atoms with Crippen LogP contribution in [0.4, 0.5) is 0 Å². The van der Waals surface area contributed by atoms with E-state index < -0.39 is 0 Å². The van der Waals surface area contributed by atoms with E-state index in [2.05, 4.69) is 34.0 Å². The molecule has 0 atom stereocenters. The van der Waals surface area contributed by atoms with Gasteiger partial charge in [-0.2, -0.15) is 0 Å². The first kappa shape index (κ1) is 15.1. The molecule has 0 bridgehead atoms. The highest BCUT2D eigenvalue weighted by Gasteiger charge is 1.92. The molecule has 0 amide bonds. The van der Waals surface area contributed by atoms with Crippen molar-refractivity contribution in [1.29, 1.82) is 0 Å². The van der Waals surface area contributed by atoms with Crippen LogP contribution in [0.5, 0.6) is 0 Å². The smallest absolute Gasteiger partial charge is 0.0876 e. The lowest BCUT2D eigenvalue weighted by Gasteiger charge is -2.03. The van der Waals surface area contributed by atoms with Gasteiger partial charge in [0.15, 0.2) is 0 Å². The van der Waals surface area contributed by atoms with Crippen LogP contribution in [-0.4, -0.2) is 13.2 Å². The van der Waals surface area contributed by atoms with Crippen molar-refractivity contribution in [3.63, 3.8) is 0 Å². The fourth-order valence-corrected chi connectivity index (χ4v) is 1.57. The van der Waals surface area contributed by atoms with Gasteiger partial charge >= 0.3 is 0 Å². The van der Waals surface area contributed by atoms with Crippen LogP contribution >= 0.6 is 0 Å². The second-order valence-corrected chi connectivity index (χ2v) is 4.09. The van der Waals surface area contributed by atoms with Crippen LogP contribution in [-0.2, 0) is 11.3 Å². The number of benzene rings is 1. The zero-order valence-electron chi connectivity index (χ0n) is 11.1. The minimum absolute atomic E-state index is 0.274. The lowest BCUT2D eigenvalue weighted by atomic mass is 10.2. The van der Waals surface area contributed by atoms with E-state index in [4.69, 9.17) is 10.3 Å². The van der Waals surface area contributed by atoms with Crippen LogP contribution in [0.25, 0.3) is 10.4 Å². The molecule has 1 aromatic rings. The molecule has 1 aromatic carbocycles. The average molecular weight is 257 g/mol. The standard InChI is InChI=1S/C15H19N3O/c16-18-17-12-8-3-1-2-4-9-13-19-14-15-10-6-5-7-11-15/h5-7,10-11H,1-2,4,9,12-14H2. The van der Waals surface area contributed by atoms with Gasteiger partial charge in [0.05, 0.1) is 13.2 Å². The van der Waals surface area contributed by atoms with Gasteiger partial charge in [-0.1, -0.05) is 47.8 Å². The summed E-state index contributed by atoms with van der Waals surface area (Å²) in [7, 11) is 0. The SMILES string of the molecule is [N-]=[N+]=NCC#CCCCCCOCc1ccccc1. The van der Waals surface area contributed by atoms with Crippen molar-refractivity contribution < 1.29 is 4.74 Å². The number of azide groups is 1. The van der Waals surface area contributed by atoms with E-state index in [-0.39, 0.29) is 6.54 Å². The van der Waals surface area contributed by atoms with Crippen LogP contribution in [0.1, 0.15) is 31.2 Å². The van der Waals surface area contributed by atoms with E-state index in [1.807, 2.05) is 18.2 Å². The van der Waals surface area contributed by atoms with Gasteiger partial charge in [-0.3, -0.25) is 0 Å². The molecule has 0 fully saturated rings. The Labute approximate surface area is 114 Å². The first-order chi connectivity index (χ1) is 9.43. The Kier molecular flexibility index (Phi) is 8.87. The summed E-state index contributed by atoms with van der Waals surface area (Å²) in [5.41, 5.74) is 9.26. The molecule has 0 spiro atoms. The van der Waals surface area contributed by atoms with Crippen LogP contribution in [0.2, 0.25) is 0 Å². The molecule has 0 aliphatic heterocycles. The van der Waals surface area contributed by atoms with Crippen molar-refractivity contribution in [3.05, 3.63) is 46.3 Å². The summed E-state index contributed by atoms with van der Waals surface area (Å²) >= 11 is 0. The Morgan fingerprint density at radius 1 is 1.11 bits per heavy atom. The fourth-order valence-electron chi connectivity index (χ4n) is 1.57. The van der Waals surface area contributed by atoms with Crippen LogP contribution < -0.4 is 0 Å². The maximum absolute atomic E-state index is 8.05. The third-order valence-electron chi connectivity index (χ3n) is 2.54. The van der Waals surface area contributed by atoms with Crippen molar-refractivity contribution in [2.45, 2.75) is 32.3 Å². The second-order valence-electron chi connectivity index (χ2n) is 4.09. The van der Waals surface area contributed by atoms with E-state index in [1.165, 1.54) is 5.56 Å². The average Bonchev–Trinajstić information content (AvgIpc) is 2.46. The molecule has 100 valence electrons. The zero-order chi connectivity index (χ0) is 13.6. The molecular formula is C15H19N3O. The molecule has 0 saturated carbocycles. The first-order valence-electron chi connectivity index (χ1n) is 6.51. The summed E-state index contributed by atoms with van der Waals surface area (Å²) in [6, 6.07) is 10.2. The molecule has 1 rings (SSSR count). The van der Waals surface area contributed by atoms with Crippen LogP contribution in [0.15, 0.2) is 35.4 Å². The Morgan fingerprint density at radius 2 is 1.95 bits per heavy atom. The highest BCUT2D eigenvalue weighted by molar-refractivity contribution is 5.13. The quantitative estimate of drug-likeness (QED) is 0.227. The topological polar surface area (TPSA) is 58.0 Å². The molecule has 19 heavy (non-hydrogen) atoms. The molecule has 0 radical (unpaired) electrons. The van der Waals surface area contributed by atoms with Crippen molar-refractivity contribution in [2.75, 3.05) is 13.2 Å². The van der Waals surface area contributed by atoms with Crippen molar-refractivity contribution in [3.8, 4) is 11.8 Å². The molecule has 4 nitrogen and oxygen atoms in total.